The lowest BCUT2D eigenvalue weighted by Gasteiger charge is -2.38. The first-order chi connectivity index (χ1) is 13.2. The van der Waals surface area contributed by atoms with Crippen LogP contribution >= 0.6 is 0 Å². The summed E-state index contributed by atoms with van der Waals surface area (Å²) in [4.78, 5) is 27.3. The number of benzene rings is 1. The number of piperidine rings is 1. The Hall–Kier alpha value is -2.47. The summed E-state index contributed by atoms with van der Waals surface area (Å²) < 4.78 is 0. The van der Waals surface area contributed by atoms with Gasteiger partial charge in [0, 0.05) is 68.6 Å². The maximum atomic E-state index is 12.0. The maximum Gasteiger partial charge on any atom is 0.227 e. The van der Waals surface area contributed by atoms with Gasteiger partial charge in [-0.1, -0.05) is 6.07 Å². The molecule has 1 aromatic heterocycles. The Kier molecular flexibility index (Phi) is 5.34. The van der Waals surface area contributed by atoms with Crippen molar-refractivity contribution in [2.24, 2.45) is 0 Å². The van der Waals surface area contributed by atoms with Crippen LogP contribution in [0.15, 0.2) is 42.9 Å². The van der Waals surface area contributed by atoms with E-state index < -0.39 is 0 Å². The highest BCUT2D eigenvalue weighted by atomic mass is 16.2. The molecule has 0 radical (unpaired) electrons. The summed E-state index contributed by atoms with van der Waals surface area (Å²) in [7, 11) is 2.18. The van der Waals surface area contributed by atoms with Gasteiger partial charge >= 0.3 is 0 Å². The van der Waals surface area contributed by atoms with Crippen molar-refractivity contribution in [3.05, 3.63) is 48.5 Å². The molecule has 0 atom stereocenters. The molecule has 2 aliphatic heterocycles. The zero-order chi connectivity index (χ0) is 18.6. The average Bonchev–Trinajstić information content (AvgIpc) is 3.15. The Bertz CT molecular complexity index is 773. The van der Waals surface area contributed by atoms with Crippen LogP contribution in [0.25, 0.3) is 0 Å². The lowest BCUT2D eigenvalue weighted by atomic mass is 10.0. The van der Waals surface area contributed by atoms with Crippen LogP contribution in [0, 0.1) is 0 Å². The van der Waals surface area contributed by atoms with Crippen molar-refractivity contribution in [2.75, 3.05) is 36.5 Å². The molecule has 1 aromatic carbocycles. The Morgan fingerprint density at radius 2 is 1.96 bits per heavy atom. The molecule has 2 aliphatic rings. The minimum absolute atomic E-state index is 0.247. The van der Waals surface area contributed by atoms with Gasteiger partial charge in [-0.3, -0.25) is 19.7 Å². The molecule has 0 bridgehead atoms. The first-order valence-corrected chi connectivity index (χ1v) is 9.81. The summed E-state index contributed by atoms with van der Waals surface area (Å²) in [6.45, 7) is 3.75. The lowest BCUT2D eigenvalue weighted by Crippen LogP contribution is -2.43. The summed E-state index contributed by atoms with van der Waals surface area (Å²) in [5, 5.41) is 0. The molecule has 3 heterocycles. The van der Waals surface area contributed by atoms with E-state index >= 15 is 0 Å². The zero-order valence-electron chi connectivity index (χ0n) is 15.9. The van der Waals surface area contributed by atoms with E-state index in [1.165, 1.54) is 5.69 Å². The largest absolute Gasteiger partial charge is 0.371 e. The van der Waals surface area contributed by atoms with Gasteiger partial charge in [0.1, 0.15) is 0 Å². The predicted molar refractivity (Wildman–Crippen MR) is 107 cm³/mol. The monoisotopic (exact) mass is 365 g/mol. The molecule has 0 saturated carbocycles. The zero-order valence-corrected chi connectivity index (χ0v) is 15.9. The first-order valence-electron chi connectivity index (χ1n) is 9.81. The fourth-order valence-electron chi connectivity index (χ4n) is 4.14. The molecule has 6 heteroatoms. The van der Waals surface area contributed by atoms with Crippen molar-refractivity contribution in [2.45, 2.75) is 38.3 Å². The van der Waals surface area contributed by atoms with Gasteiger partial charge in [0.05, 0.1) is 5.69 Å². The third-order valence-corrected chi connectivity index (χ3v) is 5.70. The molecule has 142 valence electrons. The van der Waals surface area contributed by atoms with E-state index in [4.69, 9.17) is 0 Å². The summed E-state index contributed by atoms with van der Waals surface area (Å²) >= 11 is 0. The van der Waals surface area contributed by atoms with Crippen LogP contribution in [-0.2, 0) is 11.3 Å². The van der Waals surface area contributed by atoms with Gasteiger partial charge in [-0.05, 0) is 44.5 Å². The van der Waals surface area contributed by atoms with E-state index in [1.807, 2.05) is 17.2 Å². The molecular formula is C21H27N5O. The van der Waals surface area contributed by atoms with Gasteiger partial charge in [0.2, 0.25) is 5.91 Å². The number of hydrogen-bond donors (Lipinski definition) is 0. The molecule has 2 saturated heterocycles. The second kappa shape index (κ2) is 8.05. The number of carbonyl (C=O) groups excluding carboxylic acids is 1. The van der Waals surface area contributed by atoms with E-state index in [1.54, 1.807) is 12.4 Å². The van der Waals surface area contributed by atoms with Crippen molar-refractivity contribution >= 4 is 17.3 Å². The fraction of sp³-hybridized carbons (Fsp3) is 0.476. The van der Waals surface area contributed by atoms with E-state index in [-0.39, 0.29) is 5.91 Å². The molecular weight excluding hydrogens is 338 g/mol. The van der Waals surface area contributed by atoms with Crippen molar-refractivity contribution in [3.8, 4) is 0 Å². The van der Waals surface area contributed by atoms with Crippen LogP contribution in [0.5, 0.6) is 0 Å². The molecule has 0 aliphatic carbocycles. The highest BCUT2D eigenvalue weighted by Crippen LogP contribution is 2.28. The molecule has 0 unspecified atom stereocenters. The summed E-state index contributed by atoms with van der Waals surface area (Å²) in [5.74, 6) is 0.247. The predicted octanol–water partition coefficient (Wildman–Crippen LogP) is 2.70. The standard InChI is InChI=1S/C21H27N5O/c1-24(16-17-15-22-9-10-23-17)18-7-12-25(13-8-18)19-4-2-5-20(14-19)26-11-3-6-21(26)27/h2,4-5,9-10,14-15,18H,3,6-8,11-13,16H2,1H3. The maximum absolute atomic E-state index is 12.0. The van der Waals surface area contributed by atoms with E-state index in [0.717, 1.165) is 56.8 Å². The number of anilines is 2. The SMILES string of the molecule is CN(Cc1cnccn1)C1CCN(c2cccc(N3CCCC3=O)c2)CC1. The quantitative estimate of drug-likeness (QED) is 0.815. The van der Waals surface area contributed by atoms with Crippen LogP contribution in [0.1, 0.15) is 31.4 Å². The topological polar surface area (TPSA) is 52.6 Å². The number of nitrogens with zero attached hydrogens (tertiary/aromatic N) is 5. The minimum atomic E-state index is 0.247. The van der Waals surface area contributed by atoms with Gasteiger partial charge < -0.3 is 9.80 Å². The molecule has 6 nitrogen and oxygen atoms in total. The van der Waals surface area contributed by atoms with E-state index in [0.29, 0.717) is 12.5 Å². The van der Waals surface area contributed by atoms with Crippen LogP contribution in [-0.4, -0.2) is 53.5 Å². The Morgan fingerprint density at radius 3 is 2.67 bits per heavy atom. The van der Waals surface area contributed by atoms with E-state index in [2.05, 4.69) is 45.0 Å². The lowest BCUT2D eigenvalue weighted by molar-refractivity contribution is -0.117. The van der Waals surface area contributed by atoms with Gasteiger partial charge in [0.15, 0.2) is 0 Å². The smallest absolute Gasteiger partial charge is 0.227 e. The van der Waals surface area contributed by atoms with Crippen LogP contribution in [0.4, 0.5) is 11.4 Å². The Balaban J connectivity index is 1.36. The van der Waals surface area contributed by atoms with Gasteiger partial charge in [-0.2, -0.15) is 0 Å². The van der Waals surface area contributed by atoms with Gasteiger partial charge in [-0.15, -0.1) is 0 Å². The third-order valence-electron chi connectivity index (χ3n) is 5.70. The molecule has 0 spiro atoms. The highest BCUT2D eigenvalue weighted by Gasteiger charge is 2.25. The molecule has 4 rings (SSSR count). The van der Waals surface area contributed by atoms with Crippen LogP contribution in [0.2, 0.25) is 0 Å². The van der Waals surface area contributed by atoms with Crippen LogP contribution in [0.3, 0.4) is 0 Å². The number of rotatable bonds is 5. The first kappa shape index (κ1) is 17.9. The second-order valence-electron chi connectivity index (χ2n) is 7.50. The summed E-state index contributed by atoms with van der Waals surface area (Å²) in [6, 6.07) is 9.02. The molecule has 1 amide bonds. The van der Waals surface area contributed by atoms with Crippen molar-refractivity contribution in [1.82, 2.24) is 14.9 Å². The Morgan fingerprint density at radius 1 is 1.15 bits per heavy atom. The highest BCUT2D eigenvalue weighted by molar-refractivity contribution is 5.95. The molecule has 2 aromatic rings. The van der Waals surface area contributed by atoms with E-state index in [9.17, 15) is 4.79 Å². The minimum Gasteiger partial charge on any atom is -0.371 e. The summed E-state index contributed by atoms with van der Waals surface area (Å²) in [6.07, 6.45) is 9.21. The normalized spacial score (nSPS) is 18.5. The number of amides is 1. The van der Waals surface area contributed by atoms with Gasteiger partial charge in [0.25, 0.3) is 0 Å². The van der Waals surface area contributed by atoms with Crippen molar-refractivity contribution in [1.29, 1.82) is 0 Å². The van der Waals surface area contributed by atoms with Gasteiger partial charge in [-0.25, -0.2) is 0 Å². The average molecular weight is 365 g/mol. The number of aromatic nitrogens is 2. The number of hydrogen-bond acceptors (Lipinski definition) is 5. The molecule has 2 fully saturated rings. The second-order valence-corrected chi connectivity index (χ2v) is 7.50. The third kappa shape index (κ3) is 4.11. The molecule has 0 N–H and O–H groups in total. The van der Waals surface area contributed by atoms with Crippen molar-refractivity contribution < 1.29 is 4.79 Å². The fourth-order valence-corrected chi connectivity index (χ4v) is 4.14. The summed E-state index contributed by atoms with van der Waals surface area (Å²) in [5.41, 5.74) is 3.28. The number of carbonyl (C=O) groups is 1. The molecule has 27 heavy (non-hydrogen) atoms. The van der Waals surface area contributed by atoms with Crippen LogP contribution < -0.4 is 9.80 Å². The van der Waals surface area contributed by atoms with Crippen molar-refractivity contribution in [3.63, 3.8) is 0 Å². The Labute approximate surface area is 160 Å².